The molecule has 6 rings (SSSR count). The van der Waals surface area contributed by atoms with Crippen molar-refractivity contribution < 1.29 is 18.6 Å². The fourth-order valence-corrected chi connectivity index (χ4v) is 6.42. The molecule has 1 aromatic carbocycles. The second kappa shape index (κ2) is 7.58. The van der Waals surface area contributed by atoms with Gasteiger partial charge in [0, 0.05) is 22.9 Å². The molecule has 2 aromatic rings. The third-order valence-electron chi connectivity index (χ3n) is 6.61. The van der Waals surface area contributed by atoms with Crippen LogP contribution in [0.4, 0.5) is 16.3 Å². The molecule has 0 radical (unpaired) electrons. The van der Waals surface area contributed by atoms with E-state index in [0.717, 1.165) is 48.3 Å². The van der Waals surface area contributed by atoms with Crippen LogP contribution in [0.15, 0.2) is 24.3 Å². The number of ether oxygens (including phenoxy) is 1. The van der Waals surface area contributed by atoms with Crippen molar-refractivity contribution in [3.8, 4) is 11.4 Å². The van der Waals surface area contributed by atoms with E-state index in [-0.39, 0.29) is 29.6 Å². The average molecular weight is 458 g/mol. The van der Waals surface area contributed by atoms with Crippen molar-refractivity contribution in [1.82, 2.24) is 15.3 Å². The molecule has 9 nitrogen and oxygen atoms in total. The second-order valence-electron chi connectivity index (χ2n) is 9.17. The number of nitrogens with zero attached hydrogens (tertiary/aromatic N) is 3. The minimum Gasteiger partial charge on any atom is -0.377 e. The van der Waals surface area contributed by atoms with Gasteiger partial charge in [0.05, 0.1) is 42.5 Å². The molecule has 32 heavy (non-hydrogen) atoms. The number of hydrogen-bond donors (Lipinski definition) is 4. The third kappa shape index (κ3) is 3.81. The van der Waals surface area contributed by atoms with Crippen LogP contribution < -0.4 is 15.5 Å². The van der Waals surface area contributed by atoms with Crippen LogP contribution in [0.3, 0.4) is 0 Å². The van der Waals surface area contributed by atoms with Crippen LogP contribution in [0.25, 0.3) is 11.4 Å². The van der Waals surface area contributed by atoms with E-state index in [1.165, 1.54) is 0 Å². The summed E-state index contributed by atoms with van der Waals surface area (Å²) in [6.07, 6.45) is 4.19. The SMILES string of the molecule is O=C(Nc1ccc(-c2nc3c(c(N4C5CCC4COC5)n2)CS(O)(O)C3)cc1)NC1CC1. The summed E-state index contributed by atoms with van der Waals surface area (Å²) in [6.45, 7) is 1.34. The van der Waals surface area contributed by atoms with Crippen molar-refractivity contribution >= 4 is 28.1 Å². The highest BCUT2D eigenvalue weighted by Gasteiger charge is 2.42. The number of morpholine rings is 1. The highest BCUT2D eigenvalue weighted by Crippen LogP contribution is 2.55. The maximum atomic E-state index is 12.0. The number of amides is 2. The van der Waals surface area contributed by atoms with Crippen molar-refractivity contribution in [3.63, 3.8) is 0 Å². The van der Waals surface area contributed by atoms with Gasteiger partial charge in [-0.1, -0.05) is 0 Å². The summed E-state index contributed by atoms with van der Waals surface area (Å²) in [7, 11) is -2.72. The Bertz CT molecular complexity index is 1040. The van der Waals surface area contributed by atoms with E-state index >= 15 is 0 Å². The first-order chi connectivity index (χ1) is 15.4. The van der Waals surface area contributed by atoms with Gasteiger partial charge >= 0.3 is 6.03 Å². The molecule has 3 fully saturated rings. The molecule has 10 heteroatoms. The van der Waals surface area contributed by atoms with E-state index in [0.29, 0.717) is 30.8 Å². The molecule has 2 amide bonds. The van der Waals surface area contributed by atoms with E-state index in [1.54, 1.807) is 0 Å². The Kier molecular flexibility index (Phi) is 4.79. The van der Waals surface area contributed by atoms with Gasteiger partial charge < -0.3 is 20.3 Å². The number of carbonyl (C=O) groups excluding carboxylic acids is 1. The zero-order chi connectivity index (χ0) is 21.9. The van der Waals surface area contributed by atoms with Crippen molar-refractivity contribution in [2.75, 3.05) is 23.4 Å². The van der Waals surface area contributed by atoms with Crippen LogP contribution in [-0.4, -0.2) is 56.4 Å². The molecule has 2 saturated heterocycles. The lowest BCUT2D eigenvalue weighted by molar-refractivity contribution is 0.0901. The molecule has 170 valence electrons. The van der Waals surface area contributed by atoms with Gasteiger partial charge in [0.2, 0.25) is 0 Å². The fourth-order valence-electron chi connectivity index (χ4n) is 4.89. The number of fused-ring (bicyclic) bond motifs is 3. The Hall–Kier alpha value is -2.40. The molecule has 4 heterocycles. The van der Waals surface area contributed by atoms with Crippen molar-refractivity contribution in [2.45, 2.75) is 55.3 Å². The minimum absolute atomic E-state index is 0.172. The quantitative estimate of drug-likeness (QED) is 0.554. The third-order valence-corrected chi connectivity index (χ3v) is 8.10. The predicted molar refractivity (Wildman–Crippen MR) is 123 cm³/mol. The first-order valence-corrected chi connectivity index (χ1v) is 13.0. The number of rotatable bonds is 4. The molecular formula is C22H27N5O4S. The molecule has 1 aliphatic carbocycles. The molecule has 2 atom stereocenters. The van der Waals surface area contributed by atoms with Gasteiger partial charge in [0.15, 0.2) is 5.82 Å². The zero-order valence-electron chi connectivity index (χ0n) is 17.7. The maximum absolute atomic E-state index is 12.0. The van der Waals surface area contributed by atoms with E-state index in [2.05, 4.69) is 15.5 Å². The van der Waals surface area contributed by atoms with E-state index < -0.39 is 10.6 Å². The maximum Gasteiger partial charge on any atom is 0.319 e. The lowest BCUT2D eigenvalue weighted by atomic mass is 10.1. The van der Waals surface area contributed by atoms with Crippen LogP contribution in [0.5, 0.6) is 0 Å². The molecular weight excluding hydrogens is 430 g/mol. The number of carbonyl (C=O) groups is 1. The van der Waals surface area contributed by atoms with E-state index in [9.17, 15) is 13.9 Å². The molecule has 1 aromatic heterocycles. The van der Waals surface area contributed by atoms with Gasteiger partial charge in [-0.2, -0.15) is 10.6 Å². The van der Waals surface area contributed by atoms with Crippen LogP contribution >= 0.6 is 10.6 Å². The Balaban J connectivity index is 1.32. The average Bonchev–Trinajstić information content (AvgIpc) is 3.45. The predicted octanol–water partition coefficient (Wildman–Crippen LogP) is 3.56. The summed E-state index contributed by atoms with van der Waals surface area (Å²) in [6, 6.07) is 8.09. The normalized spacial score (nSPS) is 26.5. The largest absolute Gasteiger partial charge is 0.377 e. The Morgan fingerprint density at radius 1 is 1.03 bits per heavy atom. The lowest BCUT2D eigenvalue weighted by Gasteiger charge is -2.37. The number of aromatic nitrogens is 2. The van der Waals surface area contributed by atoms with Gasteiger partial charge in [-0.3, -0.25) is 9.11 Å². The smallest absolute Gasteiger partial charge is 0.319 e. The van der Waals surface area contributed by atoms with Crippen LogP contribution in [0.1, 0.15) is 36.9 Å². The van der Waals surface area contributed by atoms with Crippen LogP contribution in [0, 0.1) is 0 Å². The molecule has 4 aliphatic rings. The molecule has 4 N–H and O–H groups in total. The molecule has 2 unspecified atom stereocenters. The van der Waals surface area contributed by atoms with Gasteiger partial charge in [-0.05, 0) is 49.9 Å². The molecule has 0 spiro atoms. The summed E-state index contributed by atoms with van der Waals surface area (Å²) in [5, 5.41) is 5.76. The van der Waals surface area contributed by atoms with Gasteiger partial charge in [-0.15, -0.1) is 0 Å². The number of nitrogens with one attached hydrogen (secondary N) is 2. The van der Waals surface area contributed by atoms with E-state index in [4.69, 9.17) is 14.7 Å². The van der Waals surface area contributed by atoms with Crippen molar-refractivity contribution in [2.24, 2.45) is 0 Å². The number of anilines is 2. The van der Waals surface area contributed by atoms with Gasteiger partial charge in [0.25, 0.3) is 0 Å². The summed E-state index contributed by atoms with van der Waals surface area (Å²) >= 11 is 0. The van der Waals surface area contributed by atoms with Crippen molar-refractivity contribution in [1.29, 1.82) is 0 Å². The highest BCUT2D eigenvalue weighted by molar-refractivity contribution is 8.23. The monoisotopic (exact) mass is 457 g/mol. The number of urea groups is 1. The minimum atomic E-state index is -2.72. The van der Waals surface area contributed by atoms with Crippen molar-refractivity contribution in [3.05, 3.63) is 35.5 Å². The fraction of sp³-hybridized carbons (Fsp3) is 0.500. The summed E-state index contributed by atoms with van der Waals surface area (Å²) in [5.74, 6) is 1.78. The summed E-state index contributed by atoms with van der Waals surface area (Å²) in [5.41, 5.74) is 3.12. The Labute approximate surface area is 187 Å². The molecule has 3 aliphatic heterocycles. The summed E-state index contributed by atoms with van der Waals surface area (Å²) < 4.78 is 26.6. The second-order valence-corrected chi connectivity index (χ2v) is 11.3. The molecule has 1 saturated carbocycles. The van der Waals surface area contributed by atoms with Gasteiger partial charge in [0.1, 0.15) is 5.82 Å². The zero-order valence-corrected chi connectivity index (χ0v) is 18.5. The Morgan fingerprint density at radius 3 is 2.44 bits per heavy atom. The number of benzene rings is 1. The first-order valence-electron chi connectivity index (χ1n) is 11.1. The Morgan fingerprint density at radius 2 is 1.75 bits per heavy atom. The topological polar surface area (TPSA) is 120 Å². The molecule has 2 bridgehead atoms. The van der Waals surface area contributed by atoms with Crippen LogP contribution in [0.2, 0.25) is 0 Å². The first kappa shape index (κ1) is 20.2. The summed E-state index contributed by atoms with van der Waals surface area (Å²) in [4.78, 5) is 24.0. The standard InChI is InChI=1S/C22H27N5O4S/c28-22(24-15-5-6-15)23-14-3-1-13(2-4-14)20-25-19-12-32(29,30)11-18(19)21(26-20)27-16-7-8-17(27)10-31-9-16/h1-4,15-17,29-30H,5-12H2,(H2,23,24,28). The van der Waals surface area contributed by atoms with E-state index in [1.807, 2.05) is 24.3 Å². The van der Waals surface area contributed by atoms with Crippen LogP contribution in [-0.2, 0) is 16.2 Å². The number of hydrogen-bond acceptors (Lipinski definition) is 7. The highest BCUT2D eigenvalue weighted by atomic mass is 32.3. The van der Waals surface area contributed by atoms with Gasteiger partial charge in [-0.25, -0.2) is 14.8 Å². The lowest BCUT2D eigenvalue weighted by Crippen LogP contribution is -2.46.